The number of carbonyl (C=O) groups is 4. The average Bonchev–Trinajstić information content (AvgIpc) is 2.80. The van der Waals surface area contributed by atoms with Crippen molar-refractivity contribution in [3.63, 3.8) is 0 Å². The van der Waals surface area contributed by atoms with Gasteiger partial charge in [-0.2, -0.15) is 0 Å². The molecule has 0 bridgehead atoms. The first-order chi connectivity index (χ1) is 15.7. The maximum atomic E-state index is 13.8. The predicted molar refractivity (Wildman–Crippen MR) is 126 cm³/mol. The fourth-order valence-corrected chi connectivity index (χ4v) is 4.84. The van der Waals surface area contributed by atoms with E-state index >= 15 is 0 Å². The van der Waals surface area contributed by atoms with Crippen LogP contribution in [0, 0.1) is 23.2 Å². The van der Waals surface area contributed by atoms with Crippen molar-refractivity contribution in [3.05, 3.63) is 71.8 Å². The highest BCUT2D eigenvalue weighted by molar-refractivity contribution is 6.43. The van der Waals surface area contributed by atoms with Crippen LogP contribution in [0.5, 0.6) is 0 Å². The molecule has 0 spiro atoms. The second-order valence-corrected chi connectivity index (χ2v) is 9.47. The molecule has 174 valence electrons. The molecule has 1 fully saturated rings. The number of rotatable bonds is 8. The van der Waals surface area contributed by atoms with Crippen LogP contribution in [-0.4, -0.2) is 29.4 Å². The number of esters is 1. The fraction of sp³-hybridized carbons (Fsp3) is 0.429. The van der Waals surface area contributed by atoms with Crippen molar-refractivity contribution in [3.8, 4) is 0 Å². The van der Waals surface area contributed by atoms with Gasteiger partial charge in [0.1, 0.15) is 6.10 Å². The minimum atomic E-state index is -2.58. The SMILES string of the molecule is CC(=O)C(C(=O)O[C@@H]1C[C@H](C)CC[C@H]1C(C)C)(C(=O)c1ccccc1)C(=O)c1ccccc1. The second kappa shape index (κ2) is 10.2. The van der Waals surface area contributed by atoms with E-state index in [2.05, 4.69) is 20.8 Å². The molecule has 0 aliphatic heterocycles. The van der Waals surface area contributed by atoms with E-state index in [9.17, 15) is 19.2 Å². The molecular formula is C28H32O5. The Balaban J connectivity index is 2.10. The Hall–Kier alpha value is -3.08. The standard InChI is InChI=1S/C28H32O5/c1-18(2)23-16-15-19(3)17-24(23)33-27(32)28(20(4)29,25(30)21-11-7-5-8-12-21)26(31)22-13-9-6-10-14-22/h5-14,18-19,23-24H,15-17H2,1-4H3/t19-,23+,24-/m1/s1. The number of benzene rings is 2. The molecule has 0 aromatic heterocycles. The van der Waals surface area contributed by atoms with Crippen LogP contribution >= 0.6 is 0 Å². The van der Waals surface area contributed by atoms with Gasteiger partial charge in [0.05, 0.1) is 0 Å². The van der Waals surface area contributed by atoms with E-state index < -0.39 is 34.8 Å². The molecule has 0 N–H and O–H groups in total. The summed E-state index contributed by atoms with van der Waals surface area (Å²) >= 11 is 0. The summed E-state index contributed by atoms with van der Waals surface area (Å²) in [5.74, 6) is -2.88. The van der Waals surface area contributed by atoms with Gasteiger partial charge in [0, 0.05) is 11.1 Å². The summed E-state index contributed by atoms with van der Waals surface area (Å²) in [6.45, 7) is 7.36. The third-order valence-electron chi connectivity index (χ3n) is 6.81. The maximum Gasteiger partial charge on any atom is 0.336 e. The summed E-state index contributed by atoms with van der Waals surface area (Å²) in [5.41, 5.74) is -2.34. The van der Waals surface area contributed by atoms with Crippen molar-refractivity contribution >= 4 is 23.3 Å². The third kappa shape index (κ3) is 4.82. The second-order valence-electron chi connectivity index (χ2n) is 9.47. The van der Waals surface area contributed by atoms with Gasteiger partial charge in [0.15, 0.2) is 17.3 Å². The van der Waals surface area contributed by atoms with Crippen molar-refractivity contribution in [2.75, 3.05) is 0 Å². The van der Waals surface area contributed by atoms with E-state index in [-0.39, 0.29) is 23.0 Å². The lowest BCUT2D eigenvalue weighted by Crippen LogP contribution is -2.54. The molecule has 5 heteroatoms. The molecule has 33 heavy (non-hydrogen) atoms. The highest BCUT2D eigenvalue weighted by atomic mass is 16.5. The molecule has 1 aliphatic carbocycles. The van der Waals surface area contributed by atoms with Gasteiger partial charge >= 0.3 is 5.97 Å². The molecule has 0 amide bonds. The summed E-state index contributed by atoms with van der Waals surface area (Å²) in [6.07, 6.45) is 2.11. The third-order valence-corrected chi connectivity index (χ3v) is 6.81. The fourth-order valence-electron chi connectivity index (χ4n) is 4.84. The Morgan fingerprint density at radius 2 is 1.33 bits per heavy atom. The molecule has 2 aromatic rings. The lowest BCUT2D eigenvalue weighted by molar-refractivity contribution is -0.164. The van der Waals surface area contributed by atoms with Crippen LogP contribution in [0.4, 0.5) is 0 Å². The van der Waals surface area contributed by atoms with Crippen LogP contribution in [0.1, 0.15) is 67.7 Å². The van der Waals surface area contributed by atoms with Gasteiger partial charge in [-0.05, 0) is 37.5 Å². The normalized spacial score (nSPS) is 20.8. The first kappa shape index (κ1) is 24.6. The van der Waals surface area contributed by atoms with E-state index in [1.165, 1.54) is 24.3 Å². The Morgan fingerprint density at radius 3 is 1.76 bits per heavy atom. The van der Waals surface area contributed by atoms with Crippen LogP contribution in [0.15, 0.2) is 60.7 Å². The highest BCUT2D eigenvalue weighted by Gasteiger charge is 2.59. The van der Waals surface area contributed by atoms with Crippen LogP contribution in [-0.2, 0) is 14.3 Å². The van der Waals surface area contributed by atoms with Crippen molar-refractivity contribution in [2.24, 2.45) is 23.2 Å². The molecule has 2 aromatic carbocycles. The number of Topliss-reactive ketones (excluding diaryl/α,β-unsaturated/α-hetero) is 3. The molecule has 3 atom stereocenters. The Labute approximate surface area is 195 Å². The molecule has 1 saturated carbocycles. The summed E-state index contributed by atoms with van der Waals surface area (Å²) in [7, 11) is 0. The van der Waals surface area contributed by atoms with Gasteiger partial charge in [-0.15, -0.1) is 0 Å². The number of hydrogen-bond acceptors (Lipinski definition) is 5. The van der Waals surface area contributed by atoms with Crippen LogP contribution < -0.4 is 0 Å². The quantitative estimate of drug-likeness (QED) is 0.310. The van der Waals surface area contributed by atoms with Gasteiger partial charge in [0.2, 0.25) is 0 Å². The zero-order valence-corrected chi connectivity index (χ0v) is 19.7. The average molecular weight is 449 g/mol. The van der Waals surface area contributed by atoms with Crippen LogP contribution in [0.25, 0.3) is 0 Å². The smallest absolute Gasteiger partial charge is 0.336 e. The molecule has 0 saturated heterocycles. The summed E-state index contributed by atoms with van der Waals surface area (Å²) in [6, 6.07) is 16.0. The predicted octanol–water partition coefficient (Wildman–Crippen LogP) is 5.33. The van der Waals surface area contributed by atoms with Crippen molar-refractivity contribution in [1.29, 1.82) is 0 Å². The Kier molecular flexibility index (Phi) is 7.62. The molecular weight excluding hydrogens is 416 g/mol. The zero-order chi connectivity index (χ0) is 24.2. The minimum absolute atomic E-state index is 0.105. The lowest BCUT2D eigenvalue weighted by Gasteiger charge is -2.38. The number of ether oxygens (including phenoxy) is 1. The number of hydrogen-bond donors (Lipinski definition) is 0. The van der Waals surface area contributed by atoms with Crippen molar-refractivity contribution < 1.29 is 23.9 Å². The zero-order valence-electron chi connectivity index (χ0n) is 19.7. The van der Waals surface area contributed by atoms with E-state index in [1.807, 2.05) is 0 Å². The first-order valence-electron chi connectivity index (χ1n) is 11.6. The largest absolute Gasteiger partial charge is 0.461 e. The first-order valence-corrected chi connectivity index (χ1v) is 11.6. The maximum absolute atomic E-state index is 13.8. The highest BCUT2D eigenvalue weighted by Crippen LogP contribution is 2.38. The van der Waals surface area contributed by atoms with Crippen LogP contribution in [0.3, 0.4) is 0 Å². The summed E-state index contributed by atoms with van der Waals surface area (Å²) in [5, 5.41) is 0. The van der Waals surface area contributed by atoms with Gasteiger partial charge in [-0.25, -0.2) is 4.79 Å². The molecule has 1 aliphatic rings. The molecule has 0 heterocycles. The van der Waals surface area contributed by atoms with E-state index in [1.54, 1.807) is 36.4 Å². The van der Waals surface area contributed by atoms with E-state index in [4.69, 9.17) is 4.74 Å². The van der Waals surface area contributed by atoms with Crippen molar-refractivity contribution in [1.82, 2.24) is 0 Å². The minimum Gasteiger partial charge on any atom is -0.461 e. The van der Waals surface area contributed by atoms with E-state index in [0.717, 1.165) is 19.8 Å². The monoisotopic (exact) mass is 448 g/mol. The molecule has 0 radical (unpaired) electrons. The molecule has 0 unspecified atom stereocenters. The Morgan fingerprint density at radius 1 is 0.848 bits per heavy atom. The van der Waals surface area contributed by atoms with Crippen molar-refractivity contribution in [2.45, 2.75) is 53.1 Å². The topological polar surface area (TPSA) is 77.5 Å². The Bertz CT molecular complexity index is 958. The molecule has 3 rings (SSSR count). The molecule has 5 nitrogen and oxygen atoms in total. The summed E-state index contributed by atoms with van der Waals surface area (Å²) < 4.78 is 5.95. The van der Waals surface area contributed by atoms with Gasteiger partial charge in [-0.1, -0.05) is 87.9 Å². The summed E-state index contributed by atoms with van der Waals surface area (Å²) in [4.78, 5) is 54.4. The van der Waals surface area contributed by atoms with Gasteiger partial charge in [-0.3, -0.25) is 14.4 Å². The number of carbonyl (C=O) groups excluding carboxylic acids is 4. The van der Waals surface area contributed by atoms with Gasteiger partial charge in [0.25, 0.3) is 5.41 Å². The van der Waals surface area contributed by atoms with Crippen LogP contribution in [0.2, 0.25) is 0 Å². The number of ketones is 3. The lowest BCUT2D eigenvalue weighted by atomic mass is 9.71. The van der Waals surface area contributed by atoms with E-state index in [0.29, 0.717) is 12.3 Å². The van der Waals surface area contributed by atoms with Gasteiger partial charge < -0.3 is 4.74 Å².